The summed E-state index contributed by atoms with van der Waals surface area (Å²) in [5, 5.41) is 9.66. The van der Waals surface area contributed by atoms with Gasteiger partial charge in [0.05, 0.1) is 35.0 Å². The zero-order valence-corrected chi connectivity index (χ0v) is 18.9. The Morgan fingerprint density at radius 2 is 1.97 bits per heavy atom. The molecule has 2 aromatic heterocycles. The highest BCUT2D eigenvalue weighted by Crippen LogP contribution is 2.51. The van der Waals surface area contributed by atoms with Crippen molar-refractivity contribution in [2.75, 3.05) is 11.4 Å². The number of morpholine rings is 1. The lowest BCUT2D eigenvalue weighted by atomic mass is 9.66. The standard InChI is InChI=1S/C22H19ClN6O5/c1-9-7-29-16-11(5-12-15(13-3-4-24-8-25-13)28-34-17(12)14(16)23)6-22(18(29)10(2)33-9)19(30)26-21(32)27-20(22)31/h3-5,8-10,18H,6-7H2,1-2H3,(H2,26,27,30,31,32)/t9-,10+,18-/m1/s1. The van der Waals surface area contributed by atoms with Gasteiger partial charge in [-0.3, -0.25) is 20.2 Å². The Morgan fingerprint density at radius 1 is 1.21 bits per heavy atom. The van der Waals surface area contributed by atoms with Gasteiger partial charge >= 0.3 is 6.03 Å². The van der Waals surface area contributed by atoms with E-state index in [1.54, 1.807) is 12.3 Å². The van der Waals surface area contributed by atoms with E-state index in [9.17, 15) is 14.4 Å². The molecule has 1 aromatic carbocycles. The molecular formula is C22H19ClN6O5. The summed E-state index contributed by atoms with van der Waals surface area (Å²) >= 11 is 6.89. The molecule has 3 aliphatic heterocycles. The number of imide groups is 2. The van der Waals surface area contributed by atoms with Gasteiger partial charge in [-0.05, 0) is 38.0 Å². The number of urea groups is 1. The maximum Gasteiger partial charge on any atom is 0.328 e. The fraction of sp³-hybridized carbons (Fsp3) is 0.364. The van der Waals surface area contributed by atoms with Gasteiger partial charge in [0.25, 0.3) is 0 Å². The van der Waals surface area contributed by atoms with Crippen molar-refractivity contribution in [3.05, 3.63) is 35.2 Å². The molecule has 0 radical (unpaired) electrons. The van der Waals surface area contributed by atoms with E-state index in [-0.39, 0.29) is 12.5 Å². The number of carbonyl (C=O) groups excluding carboxylic acids is 3. The first-order chi connectivity index (χ1) is 16.3. The number of nitrogens with zero attached hydrogens (tertiary/aromatic N) is 4. The molecule has 3 atom stereocenters. The van der Waals surface area contributed by atoms with Gasteiger partial charge in [0, 0.05) is 12.7 Å². The molecule has 3 aromatic rings. The van der Waals surface area contributed by atoms with Crippen LogP contribution in [0.1, 0.15) is 19.4 Å². The van der Waals surface area contributed by atoms with Crippen LogP contribution in [0.4, 0.5) is 10.5 Å². The topological polar surface area (TPSA) is 140 Å². The van der Waals surface area contributed by atoms with E-state index in [4.69, 9.17) is 20.9 Å². The highest BCUT2D eigenvalue weighted by molar-refractivity contribution is 6.38. The van der Waals surface area contributed by atoms with Crippen LogP contribution in [0, 0.1) is 5.41 Å². The number of hydrogen-bond donors (Lipinski definition) is 2. The molecule has 6 rings (SSSR count). The molecule has 2 N–H and O–H groups in total. The Hall–Kier alpha value is -3.57. The molecule has 0 aliphatic carbocycles. The van der Waals surface area contributed by atoms with Crippen molar-refractivity contribution in [1.29, 1.82) is 0 Å². The number of hydrogen-bond acceptors (Lipinski definition) is 9. The molecule has 3 aliphatic rings. The van der Waals surface area contributed by atoms with E-state index in [1.165, 1.54) is 6.33 Å². The van der Waals surface area contributed by atoms with Gasteiger partial charge in [-0.1, -0.05) is 16.8 Å². The number of barbiturate groups is 1. The average molecular weight is 483 g/mol. The van der Waals surface area contributed by atoms with E-state index in [0.29, 0.717) is 45.2 Å². The second-order valence-electron chi connectivity index (χ2n) is 8.84. The molecule has 2 saturated heterocycles. The summed E-state index contributed by atoms with van der Waals surface area (Å²) in [7, 11) is 0. The summed E-state index contributed by atoms with van der Waals surface area (Å²) in [5.74, 6) is -1.33. The summed E-state index contributed by atoms with van der Waals surface area (Å²) in [6.07, 6.45) is 2.32. The van der Waals surface area contributed by atoms with Gasteiger partial charge < -0.3 is 14.2 Å². The monoisotopic (exact) mass is 482 g/mol. The van der Waals surface area contributed by atoms with Gasteiger partial charge in [0.2, 0.25) is 11.8 Å². The number of ether oxygens (including phenoxy) is 1. The minimum Gasteiger partial charge on any atom is -0.372 e. The van der Waals surface area contributed by atoms with Gasteiger partial charge in [-0.15, -0.1) is 0 Å². The molecule has 1 spiro atoms. The second-order valence-corrected chi connectivity index (χ2v) is 9.21. The van der Waals surface area contributed by atoms with Crippen molar-refractivity contribution in [3.8, 4) is 11.4 Å². The van der Waals surface area contributed by atoms with Gasteiger partial charge in [-0.2, -0.15) is 0 Å². The van der Waals surface area contributed by atoms with Crippen LogP contribution in [0.3, 0.4) is 0 Å². The van der Waals surface area contributed by atoms with Crippen LogP contribution in [-0.4, -0.2) is 57.8 Å². The fourth-order valence-electron chi connectivity index (χ4n) is 5.56. The summed E-state index contributed by atoms with van der Waals surface area (Å²) in [5.41, 5.74) is 1.12. The third-order valence-corrected chi connectivity index (χ3v) is 7.14. The Kier molecular flexibility index (Phi) is 4.45. The minimum atomic E-state index is -1.59. The first-order valence-corrected chi connectivity index (χ1v) is 11.1. The van der Waals surface area contributed by atoms with Crippen molar-refractivity contribution >= 4 is 46.1 Å². The molecule has 0 unspecified atom stereocenters. The molecule has 0 bridgehead atoms. The smallest absolute Gasteiger partial charge is 0.328 e. The van der Waals surface area contributed by atoms with Crippen molar-refractivity contribution < 1.29 is 23.6 Å². The quantitative estimate of drug-likeness (QED) is 0.497. The highest BCUT2D eigenvalue weighted by atomic mass is 35.5. The third kappa shape index (κ3) is 2.74. The van der Waals surface area contributed by atoms with Crippen molar-refractivity contribution in [2.45, 2.75) is 38.5 Å². The predicted molar refractivity (Wildman–Crippen MR) is 119 cm³/mol. The van der Waals surface area contributed by atoms with E-state index in [1.807, 2.05) is 24.8 Å². The summed E-state index contributed by atoms with van der Waals surface area (Å²) < 4.78 is 11.7. The van der Waals surface area contributed by atoms with Gasteiger partial charge in [0.15, 0.2) is 11.0 Å². The van der Waals surface area contributed by atoms with Gasteiger partial charge in [-0.25, -0.2) is 14.8 Å². The summed E-state index contributed by atoms with van der Waals surface area (Å²) in [6, 6.07) is 1.99. The molecule has 2 fully saturated rings. The number of anilines is 1. The van der Waals surface area contributed by atoms with Crippen LogP contribution in [0.5, 0.6) is 0 Å². The van der Waals surface area contributed by atoms with Crippen molar-refractivity contribution in [1.82, 2.24) is 25.8 Å². The first kappa shape index (κ1) is 21.0. The first-order valence-electron chi connectivity index (χ1n) is 10.8. The average Bonchev–Trinajstić information content (AvgIpc) is 3.21. The highest BCUT2D eigenvalue weighted by Gasteiger charge is 2.63. The predicted octanol–water partition coefficient (Wildman–Crippen LogP) is 1.83. The van der Waals surface area contributed by atoms with Gasteiger partial charge in [0.1, 0.15) is 17.0 Å². The second kappa shape index (κ2) is 7.21. The fourth-order valence-corrected chi connectivity index (χ4v) is 5.93. The van der Waals surface area contributed by atoms with E-state index < -0.39 is 35.4 Å². The van der Waals surface area contributed by atoms with Crippen molar-refractivity contribution in [2.24, 2.45) is 5.41 Å². The molecule has 0 saturated carbocycles. The summed E-state index contributed by atoms with van der Waals surface area (Å²) in [4.78, 5) is 48.6. The largest absolute Gasteiger partial charge is 0.372 e. The zero-order valence-electron chi connectivity index (χ0n) is 18.2. The van der Waals surface area contributed by atoms with E-state index in [2.05, 4.69) is 25.8 Å². The SMILES string of the molecule is C[C@@H]1CN2c3c(cc4c(-c5ccncn5)noc4c3Cl)CC3(C(=O)NC(=O)NC3=O)[C@H]2[C@H](C)O1. The van der Waals surface area contributed by atoms with E-state index >= 15 is 0 Å². The molecule has 174 valence electrons. The molecular weight excluding hydrogens is 464 g/mol. The molecule has 5 heterocycles. The van der Waals surface area contributed by atoms with Crippen LogP contribution in [0.25, 0.3) is 22.4 Å². The van der Waals surface area contributed by atoms with Crippen LogP contribution >= 0.6 is 11.6 Å². The number of carbonyl (C=O) groups is 3. The number of nitrogens with one attached hydrogen (secondary N) is 2. The maximum absolute atomic E-state index is 13.3. The van der Waals surface area contributed by atoms with E-state index in [0.717, 1.165) is 0 Å². The zero-order chi connectivity index (χ0) is 23.8. The third-order valence-electron chi connectivity index (χ3n) is 6.79. The number of amides is 4. The Morgan fingerprint density at radius 3 is 2.68 bits per heavy atom. The Labute approximate surface area is 197 Å². The lowest BCUT2D eigenvalue weighted by Gasteiger charge is -2.55. The van der Waals surface area contributed by atoms with Crippen LogP contribution in [0.15, 0.2) is 29.2 Å². The number of halogens is 1. The lowest BCUT2D eigenvalue weighted by Crippen LogP contribution is -2.75. The maximum atomic E-state index is 13.3. The molecule has 12 heteroatoms. The van der Waals surface area contributed by atoms with Crippen LogP contribution < -0.4 is 15.5 Å². The van der Waals surface area contributed by atoms with Crippen LogP contribution in [-0.2, 0) is 20.7 Å². The number of benzene rings is 1. The van der Waals surface area contributed by atoms with Crippen molar-refractivity contribution in [3.63, 3.8) is 0 Å². The number of rotatable bonds is 1. The number of aromatic nitrogens is 3. The minimum absolute atomic E-state index is 0.0145. The molecule has 4 amide bonds. The lowest BCUT2D eigenvalue weighted by molar-refractivity contribution is -0.153. The Balaban J connectivity index is 1.61. The van der Waals surface area contributed by atoms with Crippen LogP contribution in [0.2, 0.25) is 5.02 Å². The normalized spacial score (nSPS) is 25.7. The Bertz CT molecular complexity index is 1360. The number of fused-ring (bicyclic) bond motifs is 5. The molecule has 34 heavy (non-hydrogen) atoms. The summed E-state index contributed by atoms with van der Waals surface area (Å²) in [6.45, 7) is 4.11. The molecule has 11 nitrogen and oxygen atoms in total.